The number of pyridine rings is 1. The number of nitrogens with zero attached hydrogens (tertiary/aromatic N) is 1. The summed E-state index contributed by atoms with van der Waals surface area (Å²) in [6.07, 6.45) is 2.81. The lowest BCUT2D eigenvalue weighted by molar-refractivity contribution is -0.116. The Hall–Kier alpha value is -2.36. The van der Waals surface area contributed by atoms with Gasteiger partial charge in [0, 0.05) is 24.0 Å². The molecular formula is C16H18N2O2. The Morgan fingerprint density at radius 3 is 2.80 bits per heavy atom. The number of rotatable bonds is 6. The molecule has 0 spiro atoms. The number of carbonyl (C=O) groups excluding carboxylic acids is 1. The summed E-state index contributed by atoms with van der Waals surface area (Å²) in [7, 11) is 0. The molecule has 20 heavy (non-hydrogen) atoms. The standard InChI is InChI=1S/C16H18N2O2/c1-13-12-14(9-10-17-13)18-16(19)8-5-11-20-15-6-3-2-4-7-15/h2-4,6-7,9-10,12H,5,8,11H2,1H3,(H,17,18,19). The van der Waals surface area contributed by atoms with Gasteiger partial charge in [-0.1, -0.05) is 18.2 Å². The van der Waals surface area contributed by atoms with Gasteiger partial charge in [-0.2, -0.15) is 0 Å². The first-order valence-corrected chi connectivity index (χ1v) is 6.64. The number of aromatic nitrogens is 1. The zero-order chi connectivity index (χ0) is 14.2. The smallest absolute Gasteiger partial charge is 0.224 e. The van der Waals surface area contributed by atoms with E-state index >= 15 is 0 Å². The fourth-order valence-electron chi connectivity index (χ4n) is 1.79. The van der Waals surface area contributed by atoms with Crippen molar-refractivity contribution in [3.63, 3.8) is 0 Å². The Morgan fingerprint density at radius 2 is 2.05 bits per heavy atom. The zero-order valence-corrected chi connectivity index (χ0v) is 11.5. The molecule has 0 unspecified atom stereocenters. The number of para-hydroxylation sites is 1. The van der Waals surface area contributed by atoms with Crippen LogP contribution in [0.1, 0.15) is 18.5 Å². The minimum Gasteiger partial charge on any atom is -0.494 e. The molecule has 0 radical (unpaired) electrons. The summed E-state index contributed by atoms with van der Waals surface area (Å²) in [4.78, 5) is 15.8. The normalized spacial score (nSPS) is 10.1. The van der Waals surface area contributed by atoms with Crippen molar-refractivity contribution in [3.8, 4) is 5.75 Å². The summed E-state index contributed by atoms with van der Waals surface area (Å²) < 4.78 is 5.54. The second-order valence-corrected chi connectivity index (χ2v) is 4.50. The van der Waals surface area contributed by atoms with Gasteiger partial charge in [0.05, 0.1) is 6.61 Å². The Labute approximate surface area is 118 Å². The first-order chi connectivity index (χ1) is 9.74. The van der Waals surface area contributed by atoms with Crippen LogP contribution in [0.4, 0.5) is 5.69 Å². The maximum atomic E-state index is 11.7. The van der Waals surface area contributed by atoms with Crippen LogP contribution in [0.15, 0.2) is 48.7 Å². The molecule has 2 rings (SSSR count). The number of hydrogen-bond acceptors (Lipinski definition) is 3. The van der Waals surface area contributed by atoms with Crippen LogP contribution in [-0.2, 0) is 4.79 Å². The molecule has 0 bridgehead atoms. The Bertz CT molecular complexity index is 555. The van der Waals surface area contributed by atoms with Crippen LogP contribution in [-0.4, -0.2) is 17.5 Å². The van der Waals surface area contributed by atoms with Crippen LogP contribution in [0.5, 0.6) is 5.75 Å². The minimum atomic E-state index is -0.00717. The van der Waals surface area contributed by atoms with Gasteiger partial charge in [-0.25, -0.2) is 0 Å². The summed E-state index contributed by atoms with van der Waals surface area (Å²) in [5.74, 6) is 0.824. The molecule has 4 nitrogen and oxygen atoms in total. The molecule has 0 aliphatic carbocycles. The highest BCUT2D eigenvalue weighted by Crippen LogP contribution is 2.10. The van der Waals surface area contributed by atoms with Crippen LogP contribution in [0.25, 0.3) is 0 Å². The maximum absolute atomic E-state index is 11.7. The molecule has 0 aliphatic heterocycles. The van der Waals surface area contributed by atoms with Crippen LogP contribution in [0, 0.1) is 6.92 Å². The van der Waals surface area contributed by atoms with Gasteiger partial charge in [-0.05, 0) is 37.6 Å². The van der Waals surface area contributed by atoms with Gasteiger partial charge >= 0.3 is 0 Å². The summed E-state index contributed by atoms with van der Waals surface area (Å²) in [6.45, 7) is 2.43. The van der Waals surface area contributed by atoms with Crippen molar-refractivity contribution in [2.75, 3.05) is 11.9 Å². The second-order valence-electron chi connectivity index (χ2n) is 4.50. The molecule has 0 aliphatic rings. The van der Waals surface area contributed by atoms with Gasteiger partial charge in [-0.3, -0.25) is 9.78 Å². The lowest BCUT2D eigenvalue weighted by Crippen LogP contribution is -2.13. The van der Waals surface area contributed by atoms with Gasteiger partial charge in [0.15, 0.2) is 0 Å². The number of amides is 1. The monoisotopic (exact) mass is 270 g/mol. The third-order valence-electron chi connectivity index (χ3n) is 2.74. The molecule has 0 atom stereocenters. The van der Waals surface area contributed by atoms with Gasteiger partial charge < -0.3 is 10.1 Å². The van der Waals surface area contributed by atoms with Crippen molar-refractivity contribution in [1.29, 1.82) is 0 Å². The van der Waals surface area contributed by atoms with Gasteiger partial charge in [0.2, 0.25) is 5.91 Å². The van der Waals surface area contributed by atoms with E-state index in [-0.39, 0.29) is 5.91 Å². The summed E-state index contributed by atoms with van der Waals surface area (Å²) in [5, 5.41) is 2.85. The average molecular weight is 270 g/mol. The summed E-state index contributed by atoms with van der Waals surface area (Å²) in [5.41, 5.74) is 1.67. The summed E-state index contributed by atoms with van der Waals surface area (Å²) >= 11 is 0. The van der Waals surface area contributed by atoms with Crippen molar-refractivity contribution >= 4 is 11.6 Å². The lowest BCUT2D eigenvalue weighted by atomic mass is 10.3. The van der Waals surface area contributed by atoms with E-state index in [1.165, 1.54) is 0 Å². The summed E-state index contributed by atoms with van der Waals surface area (Å²) in [6, 6.07) is 13.2. The Balaban J connectivity index is 1.68. The number of hydrogen-bond donors (Lipinski definition) is 1. The van der Waals surface area contributed by atoms with Crippen molar-refractivity contribution in [1.82, 2.24) is 4.98 Å². The van der Waals surface area contributed by atoms with Crippen molar-refractivity contribution in [2.24, 2.45) is 0 Å². The topological polar surface area (TPSA) is 51.2 Å². The molecule has 1 amide bonds. The van der Waals surface area contributed by atoms with Crippen molar-refractivity contribution < 1.29 is 9.53 Å². The molecule has 1 heterocycles. The third kappa shape index (κ3) is 4.72. The molecule has 1 aromatic carbocycles. The first kappa shape index (κ1) is 14.1. The highest BCUT2D eigenvalue weighted by molar-refractivity contribution is 5.90. The van der Waals surface area contributed by atoms with Crippen LogP contribution in [0.3, 0.4) is 0 Å². The third-order valence-corrected chi connectivity index (χ3v) is 2.74. The molecule has 1 N–H and O–H groups in total. The van der Waals surface area contributed by atoms with Crippen molar-refractivity contribution in [3.05, 3.63) is 54.4 Å². The zero-order valence-electron chi connectivity index (χ0n) is 11.5. The van der Waals surface area contributed by atoms with E-state index in [1.807, 2.05) is 43.3 Å². The molecule has 4 heteroatoms. The molecule has 104 valence electrons. The highest BCUT2D eigenvalue weighted by Gasteiger charge is 2.03. The van der Waals surface area contributed by atoms with Gasteiger partial charge in [0.25, 0.3) is 0 Å². The molecule has 0 saturated carbocycles. The number of benzene rings is 1. The molecule has 1 aromatic heterocycles. The Kier molecular flexibility index (Phi) is 5.12. The Morgan fingerprint density at radius 1 is 1.25 bits per heavy atom. The van der Waals surface area contributed by atoms with Crippen LogP contribution in [0.2, 0.25) is 0 Å². The van der Waals surface area contributed by atoms with E-state index in [1.54, 1.807) is 12.3 Å². The molecular weight excluding hydrogens is 252 g/mol. The molecule has 2 aromatic rings. The second kappa shape index (κ2) is 7.28. The minimum absolute atomic E-state index is 0.00717. The van der Waals surface area contributed by atoms with E-state index in [2.05, 4.69) is 10.3 Å². The van der Waals surface area contributed by atoms with Crippen LogP contribution >= 0.6 is 0 Å². The number of aryl methyl sites for hydroxylation is 1. The first-order valence-electron chi connectivity index (χ1n) is 6.64. The number of ether oxygens (including phenoxy) is 1. The van der Waals surface area contributed by atoms with Crippen molar-refractivity contribution in [2.45, 2.75) is 19.8 Å². The largest absolute Gasteiger partial charge is 0.494 e. The van der Waals surface area contributed by atoms with Gasteiger partial charge in [0.1, 0.15) is 5.75 Å². The average Bonchev–Trinajstić information content (AvgIpc) is 2.45. The SMILES string of the molecule is Cc1cc(NC(=O)CCCOc2ccccc2)ccn1. The number of anilines is 1. The highest BCUT2D eigenvalue weighted by atomic mass is 16.5. The molecule has 0 saturated heterocycles. The van der Waals surface area contributed by atoms with E-state index in [9.17, 15) is 4.79 Å². The predicted octanol–water partition coefficient (Wildman–Crippen LogP) is 3.19. The van der Waals surface area contributed by atoms with E-state index in [4.69, 9.17) is 4.74 Å². The van der Waals surface area contributed by atoms with E-state index in [0.29, 0.717) is 19.4 Å². The molecule has 0 fully saturated rings. The maximum Gasteiger partial charge on any atom is 0.224 e. The predicted molar refractivity (Wildman–Crippen MR) is 78.8 cm³/mol. The fraction of sp³-hybridized carbons (Fsp3) is 0.250. The number of nitrogens with one attached hydrogen (secondary N) is 1. The quantitative estimate of drug-likeness (QED) is 0.820. The lowest BCUT2D eigenvalue weighted by Gasteiger charge is -2.07. The van der Waals surface area contributed by atoms with Crippen LogP contribution < -0.4 is 10.1 Å². The van der Waals surface area contributed by atoms with E-state index in [0.717, 1.165) is 17.1 Å². The number of carbonyl (C=O) groups is 1. The fourth-order valence-corrected chi connectivity index (χ4v) is 1.79. The van der Waals surface area contributed by atoms with Gasteiger partial charge in [-0.15, -0.1) is 0 Å². The van der Waals surface area contributed by atoms with E-state index < -0.39 is 0 Å².